The molecule has 1 aliphatic carbocycles. The molecule has 0 saturated heterocycles. The van der Waals surface area contributed by atoms with Crippen LogP contribution in [-0.2, 0) is 9.53 Å². The standard InChI is InChI=1S/C15H21NO2/c1-4-18-14(17)13(11-8-6-5-7-9-11)16-12-10-15(12,2)3/h5-9,12-13,16H,4,10H2,1-3H3. The van der Waals surface area contributed by atoms with Crippen molar-refractivity contribution in [3.05, 3.63) is 35.9 Å². The summed E-state index contributed by atoms with van der Waals surface area (Å²) < 4.78 is 5.15. The Hall–Kier alpha value is -1.35. The van der Waals surface area contributed by atoms with Crippen LogP contribution in [0.1, 0.15) is 38.8 Å². The molecule has 0 aliphatic heterocycles. The summed E-state index contributed by atoms with van der Waals surface area (Å²) in [6, 6.07) is 9.81. The highest BCUT2D eigenvalue weighted by Crippen LogP contribution is 2.45. The van der Waals surface area contributed by atoms with Crippen molar-refractivity contribution >= 4 is 5.97 Å². The molecule has 2 rings (SSSR count). The molecule has 2 atom stereocenters. The monoisotopic (exact) mass is 247 g/mol. The first kappa shape index (κ1) is 13.1. The van der Waals surface area contributed by atoms with Gasteiger partial charge in [0.2, 0.25) is 0 Å². The summed E-state index contributed by atoms with van der Waals surface area (Å²) >= 11 is 0. The Morgan fingerprint density at radius 2 is 2.06 bits per heavy atom. The first-order chi connectivity index (χ1) is 8.54. The summed E-state index contributed by atoms with van der Waals surface area (Å²) in [5.41, 5.74) is 1.26. The fourth-order valence-corrected chi connectivity index (χ4v) is 2.12. The van der Waals surface area contributed by atoms with E-state index in [9.17, 15) is 4.79 Å². The van der Waals surface area contributed by atoms with Gasteiger partial charge in [-0.05, 0) is 24.3 Å². The van der Waals surface area contributed by atoms with Crippen LogP contribution in [-0.4, -0.2) is 18.6 Å². The Balaban J connectivity index is 2.11. The van der Waals surface area contributed by atoms with Crippen LogP contribution in [0.25, 0.3) is 0 Å². The summed E-state index contributed by atoms with van der Waals surface area (Å²) in [6.07, 6.45) is 1.11. The van der Waals surface area contributed by atoms with E-state index in [0.29, 0.717) is 18.1 Å². The fourth-order valence-electron chi connectivity index (χ4n) is 2.12. The molecule has 0 amide bonds. The number of nitrogens with one attached hydrogen (secondary N) is 1. The van der Waals surface area contributed by atoms with Crippen molar-refractivity contribution in [1.82, 2.24) is 5.32 Å². The fraction of sp³-hybridized carbons (Fsp3) is 0.533. The lowest BCUT2D eigenvalue weighted by Crippen LogP contribution is -2.33. The second-order valence-electron chi connectivity index (χ2n) is 5.51. The SMILES string of the molecule is CCOC(=O)C(NC1CC1(C)C)c1ccccc1. The smallest absolute Gasteiger partial charge is 0.327 e. The number of rotatable bonds is 5. The second kappa shape index (κ2) is 5.11. The minimum absolute atomic E-state index is 0.189. The normalized spacial score (nSPS) is 22.3. The summed E-state index contributed by atoms with van der Waals surface area (Å²) in [4.78, 5) is 12.0. The molecule has 3 heteroatoms. The van der Waals surface area contributed by atoms with Crippen molar-refractivity contribution in [1.29, 1.82) is 0 Å². The lowest BCUT2D eigenvalue weighted by molar-refractivity contribution is -0.146. The number of carbonyl (C=O) groups excluding carboxylic acids is 1. The van der Waals surface area contributed by atoms with E-state index in [-0.39, 0.29) is 12.0 Å². The second-order valence-corrected chi connectivity index (χ2v) is 5.51. The Kier molecular flexibility index (Phi) is 3.71. The zero-order valence-electron chi connectivity index (χ0n) is 11.3. The van der Waals surface area contributed by atoms with Gasteiger partial charge in [0, 0.05) is 6.04 Å². The molecule has 0 radical (unpaired) electrons. The van der Waals surface area contributed by atoms with Crippen molar-refractivity contribution in [2.24, 2.45) is 5.41 Å². The minimum atomic E-state index is -0.349. The predicted octanol–water partition coefficient (Wildman–Crippen LogP) is 2.68. The Bertz CT molecular complexity index is 414. The first-order valence-electron chi connectivity index (χ1n) is 6.52. The molecule has 1 saturated carbocycles. The van der Waals surface area contributed by atoms with Gasteiger partial charge in [-0.1, -0.05) is 44.2 Å². The first-order valence-corrected chi connectivity index (χ1v) is 6.52. The molecule has 0 bridgehead atoms. The highest BCUT2D eigenvalue weighted by atomic mass is 16.5. The molecular weight excluding hydrogens is 226 g/mol. The maximum absolute atomic E-state index is 12.0. The van der Waals surface area contributed by atoms with E-state index in [1.807, 2.05) is 37.3 Å². The van der Waals surface area contributed by atoms with E-state index in [1.54, 1.807) is 0 Å². The molecule has 0 heterocycles. The molecule has 3 nitrogen and oxygen atoms in total. The van der Waals surface area contributed by atoms with Gasteiger partial charge < -0.3 is 4.74 Å². The lowest BCUT2D eigenvalue weighted by atomic mass is 10.1. The van der Waals surface area contributed by atoms with Gasteiger partial charge in [0.15, 0.2) is 0 Å². The van der Waals surface area contributed by atoms with Crippen LogP contribution >= 0.6 is 0 Å². The average molecular weight is 247 g/mol. The predicted molar refractivity (Wildman–Crippen MR) is 71.1 cm³/mol. The van der Waals surface area contributed by atoms with Gasteiger partial charge in [-0.2, -0.15) is 0 Å². The highest BCUT2D eigenvalue weighted by molar-refractivity contribution is 5.77. The number of ether oxygens (including phenoxy) is 1. The molecule has 1 aliphatic rings. The van der Waals surface area contributed by atoms with E-state index in [4.69, 9.17) is 4.74 Å². The van der Waals surface area contributed by atoms with Crippen LogP contribution < -0.4 is 5.32 Å². The summed E-state index contributed by atoms with van der Waals surface area (Å²) in [7, 11) is 0. The van der Waals surface area contributed by atoms with Gasteiger partial charge in [-0.15, -0.1) is 0 Å². The number of carbonyl (C=O) groups is 1. The maximum Gasteiger partial charge on any atom is 0.327 e. The molecule has 1 aromatic carbocycles. The summed E-state index contributed by atoms with van der Waals surface area (Å²) in [6.45, 7) is 6.66. The van der Waals surface area contributed by atoms with Gasteiger partial charge >= 0.3 is 5.97 Å². The third-order valence-corrected chi connectivity index (χ3v) is 3.54. The molecule has 1 fully saturated rings. The minimum Gasteiger partial charge on any atom is -0.465 e. The van der Waals surface area contributed by atoms with Gasteiger partial charge in [0.25, 0.3) is 0 Å². The van der Waals surface area contributed by atoms with Crippen LogP contribution in [0, 0.1) is 5.41 Å². The van der Waals surface area contributed by atoms with Gasteiger partial charge in [-0.25, -0.2) is 4.79 Å². The number of benzene rings is 1. The van der Waals surface area contributed by atoms with Crippen molar-refractivity contribution < 1.29 is 9.53 Å². The van der Waals surface area contributed by atoms with E-state index < -0.39 is 0 Å². The van der Waals surface area contributed by atoms with Crippen molar-refractivity contribution in [3.63, 3.8) is 0 Å². The Morgan fingerprint density at radius 3 is 2.56 bits per heavy atom. The van der Waals surface area contributed by atoms with E-state index in [2.05, 4.69) is 19.2 Å². The molecule has 0 spiro atoms. The lowest BCUT2D eigenvalue weighted by Gasteiger charge is -2.18. The van der Waals surface area contributed by atoms with Crippen LogP contribution in [0.2, 0.25) is 0 Å². The van der Waals surface area contributed by atoms with Gasteiger partial charge in [-0.3, -0.25) is 5.32 Å². The molecular formula is C15H21NO2. The zero-order valence-corrected chi connectivity index (χ0v) is 11.3. The Labute approximate surface area is 109 Å². The van der Waals surface area contributed by atoms with Crippen molar-refractivity contribution in [3.8, 4) is 0 Å². The van der Waals surface area contributed by atoms with Crippen molar-refractivity contribution in [2.75, 3.05) is 6.61 Å². The third kappa shape index (κ3) is 2.91. The van der Waals surface area contributed by atoms with E-state index in [1.165, 1.54) is 0 Å². The number of esters is 1. The van der Waals surface area contributed by atoms with Crippen LogP contribution in [0.5, 0.6) is 0 Å². The van der Waals surface area contributed by atoms with Crippen LogP contribution in [0.3, 0.4) is 0 Å². The van der Waals surface area contributed by atoms with Gasteiger partial charge in [0.05, 0.1) is 6.61 Å². The van der Waals surface area contributed by atoms with Gasteiger partial charge in [0.1, 0.15) is 6.04 Å². The quantitative estimate of drug-likeness (QED) is 0.813. The third-order valence-electron chi connectivity index (χ3n) is 3.54. The average Bonchev–Trinajstić information content (AvgIpc) is 2.95. The zero-order chi connectivity index (χ0) is 13.2. The Morgan fingerprint density at radius 1 is 1.44 bits per heavy atom. The van der Waals surface area contributed by atoms with E-state index in [0.717, 1.165) is 12.0 Å². The molecule has 18 heavy (non-hydrogen) atoms. The number of hydrogen-bond donors (Lipinski definition) is 1. The topological polar surface area (TPSA) is 38.3 Å². The maximum atomic E-state index is 12.0. The largest absolute Gasteiger partial charge is 0.465 e. The molecule has 2 unspecified atom stereocenters. The summed E-state index contributed by atoms with van der Waals surface area (Å²) in [5.74, 6) is -0.189. The van der Waals surface area contributed by atoms with E-state index >= 15 is 0 Å². The highest BCUT2D eigenvalue weighted by Gasteiger charge is 2.47. The molecule has 1 aromatic rings. The van der Waals surface area contributed by atoms with Crippen LogP contribution in [0.4, 0.5) is 0 Å². The van der Waals surface area contributed by atoms with Crippen molar-refractivity contribution in [2.45, 2.75) is 39.3 Å². The summed E-state index contributed by atoms with van der Waals surface area (Å²) in [5, 5.41) is 3.41. The van der Waals surface area contributed by atoms with Crippen LogP contribution in [0.15, 0.2) is 30.3 Å². The molecule has 98 valence electrons. The molecule has 1 N–H and O–H groups in total. The number of hydrogen-bond acceptors (Lipinski definition) is 3. The molecule has 0 aromatic heterocycles.